The van der Waals surface area contributed by atoms with Gasteiger partial charge in [0.25, 0.3) is 0 Å². The molecule has 2 heterocycles. The van der Waals surface area contributed by atoms with E-state index in [0.29, 0.717) is 0 Å². The summed E-state index contributed by atoms with van der Waals surface area (Å²) in [5.74, 6) is 6.80. The van der Waals surface area contributed by atoms with Gasteiger partial charge in [0.15, 0.2) is 0 Å². The van der Waals surface area contributed by atoms with Crippen LogP contribution in [0.3, 0.4) is 0 Å². The van der Waals surface area contributed by atoms with E-state index in [1.54, 1.807) is 23.7 Å². The first-order valence-electron chi connectivity index (χ1n) is 4.20. The second-order valence-electron chi connectivity index (χ2n) is 2.60. The van der Waals surface area contributed by atoms with Crippen molar-refractivity contribution in [2.24, 2.45) is 0 Å². The van der Waals surface area contributed by atoms with E-state index in [9.17, 15) is 0 Å². The summed E-state index contributed by atoms with van der Waals surface area (Å²) in [6.07, 6.45) is 5.28. The number of hydrogen-bond donors (Lipinski definition) is 0. The highest BCUT2D eigenvalue weighted by atomic mass is 32.1. The molecular weight excluding hydrogens is 192 g/mol. The zero-order chi connectivity index (χ0) is 9.64. The van der Waals surface area contributed by atoms with Crippen LogP contribution in [0.4, 0.5) is 0 Å². The molecule has 0 amide bonds. The zero-order valence-corrected chi connectivity index (χ0v) is 8.25. The Balaban J connectivity index is 2.00. The predicted octanol–water partition coefficient (Wildman–Crippen LogP) is 3.41. The highest BCUT2D eigenvalue weighted by Crippen LogP contribution is 2.05. The lowest BCUT2D eigenvalue weighted by atomic mass is 10.4. The molecule has 2 aromatic heterocycles. The normalized spacial score (nSPS) is 10.0. The van der Waals surface area contributed by atoms with Gasteiger partial charge < -0.3 is 4.42 Å². The third kappa shape index (κ3) is 2.38. The van der Waals surface area contributed by atoms with E-state index in [1.165, 1.54) is 0 Å². The number of furan rings is 1. The van der Waals surface area contributed by atoms with Crippen LogP contribution in [0.2, 0.25) is 0 Å². The van der Waals surface area contributed by atoms with Gasteiger partial charge in [-0.2, -0.15) is 0 Å². The number of thiophene rings is 1. The van der Waals surface area contributed by atoms with Crippen LogP contribution >= 0.6 is 11.3 Å². The Bertz CT molecular complexity index is 452. The van der Waals surface area contributed by atoms with Crippen molar-refractivity contribution in [2.45, 2.75) is 0 Å². The van der Waals surface area contributed by atoms with Crippen LogP contribution in [0, 0.1) is 11.8 Å². The van der Waals surface area contributed by atoms with Gasteiger partial charge in [-0.1, -0.05) is 17.9 Å². The predicted molar refractivity (Wildman–Crippen MR) is 58.9 cm³/mol. The molecule has 0 aromatic carbocycles. The summed E-state index contributed by atoms with van der Waals surface area (Å²) in [5, 5.41) is 2.01. The van der Waals surface area contributed by atoms with E-state index in [4.69, 9.17) is 4.42 Å². The van der Waals surface area contributed by atoms with Crippen molar-refractivity contribution in [3.63, 3.8) is 0 Å². The monoisotopic (exact) mass is 200 g/mol. The molecule has 1 nitrogen and oxygen atoms in total. The zero-order valence-electron chi connectivity index (χ0n) is 7.44. The third-order valence-electron chi connectivity index (χ3n) is 1.59. The second-order valence-corrected chi connectivity index (χ2v) is 3.54. The van der Waals surface area contributed by atoms with Crippen molar-refractivity contribution in [2.75, 3.05) is 0 Å². The fraction of sp³-hybridized carbons (Fsp3) is 0. The molecule has 0 unspecified atom stereocenters. The van der Waals surface area contributed by atoms with E-state index in [1.807, 2.05) is 35.7 Å². The van der Waals surface area contributed by atoms with Gasteiger partial charge >= 0.3 is 0 Å². The minimum Gasteiger partial charge on any atom is -0.465 e. The van der Waals surface area contributed by atoms with Crippen LogP contribution in [0.15, 0.2) is 46.4 Å². The van der Waals surface area contributed by atoms with Gasteiger partial charge in [-0.15, -0.1) is 11.3 Å². The molecule has 0 aliphatic rings. The standard InChI is InChI=1S/C12H8OS/c1(5-11-6-3-9-13-11)2-7-12-8-4-10-14-12/h1,3-6,8-10H. The number of hydrogen-bond acceptors (Lipinski definition) is 2. The lowest BCUT2D eigenvalue weighted by Crippen LogP contribution is -1.60. The van der Waals surface area contributed by atoms with Crippen LogP contribution in [0.1, 0.15) is 10.6 Å². The molecule has 2 rings (SSSR count). The Morgan fingerprint density at radius 2 is 2.29 bits per heavy atom. The van der Waals surface area contributed by atoms with Crippen LogP contribution in [-0.4, -0.2) is 0 Å². The van der Waals surface area contributed by atoms with Gasteiger partial charge in [0.05, 0.1) is 11.1 Å². The third-order valence-corrected chi connectivity index (χ3v) is 2.38. The second kappa shape index (κ2) is 4.50. The van der Waals surface area contributed by atoms with Gasteiger partial charge in [0.1, 0.15) is 5.76 Å². The summed E-state index contributed by atoms with van der Waals surface area (Å²) in [6.45, 7) is 0. The molecule has 0 spiro atoms. The summed E-state index contributed by atoms with van der Waals surface area (Å²) in [7, 11) is 0. The molecule has 0 aliphatic carbocycles. The molecular formula is C12H8OS. The maximum Gasteiger partial charge on any atom is 0.127 e. The average Bonchev–Trinajstić information content (AvgIpc) is 2.86. The molecule has 0 saturated carbocycles. The van der Waals surface area contributed by atoms with Crippen molar-refractivity contribution in [1.29, 1.82) is 0 Å². The van der Waals surface area contributed by atoms with Crippen molar-refractivity contribution >= 4 is 17.4 Å². The van der Waals surface area contributed by atoms with E-state index < -0.39 is 0 Å². The maximum atomic E-state index is 5.12. The molecule has 0 aliphatic heterocycles. The lowest BCUT2D eigenvalue weighted by Gasteiger charge is -1.77. The fourth-order valence-electron chi connectivity index (χ4n) is 0.972. The summed E-state index contributed by atoms with van der Waals surface area (Å²) >= 11 is 1.64. The summed E-state index contributed by atoms with van der Waals surface area (Å²) in [4.78, 5) is 1.08. The smallest absolute Gasteiger partial charge is 0.127 e. The molecule has 0 saturated heterocycles. The minimum atomic E-state index is 0.825. The molecule has 0 atom stereocenters. The van der Waals surface area contributed by atoms with Crippen LogP contribution in [0.5, 0.6) is 0 Å². The molecule has 0 bridgehead atoms. The van der Waals surface area contributed by atoms with Crippen molar-refractivity contribution in [3.8, 4) is 11.8 Å². The SMILES string of the molecule is C(#Cc1cccs1)C=Cc1ccco1. The average molecular weight is 200 g/mol. The molecule has 0 radical (unpaired) electrons. The molecule has 14 heavy (non-hydrogen) atoms. The van der Waals surface area contributed by atoms with E-state index in [-0.39, 0.29) is 0 Å². The molecule has 68 valence electrons. The molecule has 2 heteroatoms. The quantitative estimate of drug-likeness (QED) is 0.643. The summed E-state index contributed by atoms with van der Waals surface area (Å²) < 4.78 is 5.12. The Hall–Kier alpha value is -1.72. The van der Waals surface area contributed by atoms with E-state index in [0.717, 1.165) is 10.6 Å². The molecule has 0 fully saturated rings. The summed E-state index contributed by atoms with van der Waals surface area (Å²) in [5.41, 5.74) is 0. The first-order chi connectivity index (χ1) is 6.95. The van der Waals surface area contributed by atoms with Crippen molar-refractivity contribution < 1.29 is 4.42 Å². The van der Waals surface area contributed by atoms with Gasteiger partial charge in [-0.05, 0) is 35.7 Å². The Kier molecular flexibility index (Phi) is 2.85. The number of allylic oxidation sites excluding steroid dienone is 1. The molecule has 2 aromatic rings. The van der Waals surface area contributed by atoms with Crippen molar-refractivity contribution in [1.82, 2.24) is 0 Å². The van der Waals surface area contributed by atoms with Gasteiger partial charge in [-0.25, -0.2) is 0 Å². The van der Waals surface area contributed by atoms with Gasteiger partial charge in [-0.3, -0.25) is 0 Å². The van der Waals surface area contributed by atoms with Gasteiger partial charge in [0.2, 0.25) is 0 Å². The Labute approximate surface area is 86.7 Å². The first-order valence-corrected chi connectivity index (χ1v) is 5.08. The Morgan fingerprint density at radius 1 is 1.29 bits per heavy atom. The highest BCUT2D eigenvalue weighted by Gasteiger charge is 1.84. The van der Waals surface area contributed by atoms with Crippen LogP contribution in [0.25, 0.3) is 6.08 Å². The topological polar surface area (TPSA) is 13.1 Å². The van der Waals surface area contributed by atoms with Crippen LogP contribution in [-0.2, 0) is 0 Å². The Morgan fingerprint density at radius 3 is 3.00 bits per heavy atom. The highest BCUT2D eigenvalue weighted by molar-refractivity contribution is 7.10. The fourth-order valence-corrected chi connectivity index (χ4v) is 1.55. The maximum absolute atomic E-state index is 5.12. The number of rotatable bonds is 1. The lowest BCUT2D eigenvalue weighted by molar-refractivity contribution is 0.557. The van der Waals surface area contributed by atoms with E-state index >= 15 is 0 Å². The van der Waals surface area contributed by atoms with E-state index in [2.05, 4.69) is 11.8 Å². The largest absolute Gasteiger partial charge is 0.465 e. The van der Waals surface area contributed by atoms with Crippen molar-refractivity contribution in [3.05, 3.63) is 52.6 Å². The molecule has 0 N–H and O–H groups in total. The first kappa shape index (κ1) is 8.86. The minimum absolute atomic E-state index is 0.825. The van der Waals surface area contributed by atoms with Gasteiger partial charge in [0, 0.05) is 0 Å². The summed E-state index contributed by atoms with van der Waals surface area (Å²) in [6, 6.07) is 7.74. The van der Waals surface area contributed by atoms with Crippen LogP contribution < -0.4 is 0 Å².